The lowest BCUT2D eigenvalue weighted by Gasteiger charge is -2.37. The van der Waals surface area contributed by atoms with Crippen LogP contribution < -0.4 is 4.90 Å². The second-order valence-electron chi connectivity index (χ2n) is 8.45. The average molecular weight is 434 g/mol. The van der Waals surface area contributed by atoms with Crippen LogP contribution in [0.15, 0.2) is 42.5 Å². The maximum absolute atomic E-state index is 14.5. The first kappa shape index (κ1) is 22.0. The number of halogens is 1. The molecular weight excluding hydrogens is 405 g/mol. The number of aryl methyl sites for hydroxylation is 1. The van der Waals surface area contributed by atoms with Gasteiger partial charge < -0.3 is 9.80 Å². The molecule has 0 spiro atoms. The van der Waals surface area contributed by atoms with Crippen LogP contribution in [0.4, 0.5) is 10.1 Å². The first-order valence-electron chi connectivity index (χ1n) is 11.1. The molecule has 5 nitrogen and oxygen atoms in total. The lowest BCUT2D eigenvalue weighted by molar-refractivity contribution is -0.133. The van der Waals surface area contributed by atoms with E-state index in [2.05, 4.69) is 23.0 Å². The number of piperazine rings is 1. The van der Waals surface area contributed by atoms with Crippen molar-refractivity contribution in [3.63, 3.8) is 0 Å². The van der Waals surface area contributed by atoms with Gasteiger partial charge in [0.2, 0.25) is 5.91 Å². The highest BCUT2D eigenvalue weighted by atomic mass is 19.1. The summed E-state index contributed by atoms with van der Waals surface area (Å²) >= 11 is 0. The van der Waals surface area contributed by atoms with Crippen LogP contribution in [0.5, 0.6) is 0 Å². The molecule has 1 saturated heterocycles. The van der Waals surface area contributed by atoms with Crippen molar-refractivity contribution in [1.82, 2.24) is 9.80 Å². The summed E-state index contributed by atoms with van der Waals surface area (Å²) in [6, 6.07) is 13.1. The Morgan fingerprint density at radius 2 is 1.91 bits per heavy atom. The van der Waals surface area contributed by atoms with Gasteiger partial charge in [-0.2, -0.15) is 0 Å². The zero-order valence-electron chi connectivity index (χ0n) is 18.4. The zero-order valence-corrected chi connectivity index (χ0v) is 18.4. The lowest BCUT2D eigenvalue weighted by Crippen LogP contribution is -2.51. The molecule has 32 heavy (non-hydrogen) atoms. The first-order chi connectivity index (χ1) is 15.5. The summed E-state index contributed by atoms with van der Waals surface area (Å²) in [6.45, 7) is 4.28. The van der Waals surface area contributed by atoms with Crippen LogP contribution in [0.3, 0.4) is 0 Å². The van der Waals surface area contributed by atoms with Crippen LogP contribution in [-0.2, 0) is 11.2 Å². The summed E-state index contributed by atoms with van der Waals surface area (Å²) in [5, 5.41) is 0. The van der Waals surface area contributed by atoms with Gasteiger partial charge in [-0.25, -0.2) is 4.39 Å². The average Bonchev–Trinajstić information content (AvgIpc) is 3.23. The number of Topliss-reactive ketones (excluding diaryl/α,β-unsaturated/α-hetero) is 1. The van der Waals surface area contributed by atoms with E-state index >= 15 is 0 Å². The fourth-order valence-electron chi connectivity index (χ4n) is 4.76. The molecule has 0 radical (unpaired) electrons. The van der Waals surface area contributed by atoms with Crippen molar-refractivity contribution in [2.75, 3.05) is 44.2 Å². The molecule has 1 aliphatic heterocycles. The van der Waals surface area contributed by atoms with Crippen molar-refractivity contribution in [1.29, 1.82) is 0 Å². The van der Waals surface area contributed by atoms with Gasteiger partial charge in [-0.05, 0) is 49.1 Å². The highest BCUT2D eigenvalue weighted by Crippen LogP contribution is 2.35. The van der Waals surface area contributed by atoms with Gasteiger partial charge in [-0.1, -0.05) is 30.2 Å². The number of benzene rings is 2. The largest absolute Gasteiger partial charge is 0.366 e. The molecule has 1 fully saturated rings. The summed E-state index contributed by atoms with van der Waals surface area (Å²) in [7, 11) is 0. The van der Waals surface area contributed by atoms with Crippen molar-refractivity contribution in [3.8, 4) is 12.3 Å². The number of carbonyl (C=O) groups excluding carboxylic acids is 2. The van der Waals surface area contributed by atoms with Crippen molar-refractivity contribution < 1.29 is 14.0 Å². The molecule has 1 aliphatic carbocycles. The van der Waals surface area contributed by atoms with Crippen molar-refractivity contribution >= 4 is 17.4 Å². The number of hydrogen-bond acceptors (Lipinski definition) is 4. The van der Waals surface area contributed by atoms with Gasteiger partial charge in [0, 0.05) is 37.8 Å². The quantitative estimate of drug-likeness (QED) is 0.518. The minimum absolute atomic E-state index is 0.0525. The van der Waals surface area contributed by atoms with E-state index < -0.39 is 5.82 Å². The minimum atomic E-state index is -0.405. The molecule has 0 bridgehead atoms. The molecular formula is C26H28FN3O2. The second-order valence-corrected chi connectivity index (χ2v) is 8.45. The number of terminal acetylenes is 1. The van der Waals surface area contributed by atoms with E-state index in [0.717, 1.165) is 12.8 Å². The Morgan fingerprint density at radius 1 is 1.16 bits per heavy atom. The molecule has 1 atom stereocenters. The number of hydrogen-bond donors (Lipinski definition) is 0. The summed E-state index contributed by atoms with van der Waals surface area (Å²) in [5.41, 5.74) is 3.43. The van der Waals surface area contributed by atoms with Gasteiger partial charge in [0.05, 0.1) is 18.8 Å². The summed E-state index contributed by atoms with van der Waals surface area (Å²) in [5.74, 6) is 2.20. The predicted molar refractivity (Wildman–Crippen MR) is 123 cm³/mol. The van der Waals surface area contributed by atoms with E-state index in [-0.39, 0.29) is 24.3 Å². The molecule has 1 heterocycles. The molecule has 2 aliphatic rings. The van der Waals surface area contributed by atoms with Crippen molar-refractivity contribution in [3.05, 3.63) is 65.0 Å². The Kier molecular flexibility index (Phi) is 6.57. The Bertz CT molecular complexity index is 1050. The Balaban J connectivity index is 1.38. The molecule has 1 amide bonds. The number of rotatable bonds is 6. The minimum Gasteiger partial charge on any atom is -0.366 e. The van der Waals surface area contributed by atoms with Crippen LogP contribution in [0, 0.1) is 18.2 Å². The number of anilines is 1. The SMILES string of the molecule is C#CCN(CC(=O)N1CCN(c2ccc(C(C)=O)cc2F)CC1)C1CCc2ccccc21. The van der Waals surface area contributed by atoms with E-state index in [1.54, 1.807) is 12.1 Å². The standard InChI is InChI=1S/C26H28FN3O2/c1-3-12-30(24-10-8-20-6-4-5-7-22(20)24)18-26(32)29-15-13-28(14-16-29)25-11-9-21(19(2)31)17-23(25)27/h1,4-7,9,11,17,24H,8,10,12-16,18H2,2H3. The maximum atomic E-state index is 14.5. The third-order valence-electron chi connectivity index (χ3n) is 6.50. The van der Waals surface area contributed by atoms with Crippen molar-refractivity contribution in [2.45, 2.75) is 25.8 Å². The highest BCUT2D eigenvalue weighted by molar-refractivity contribution is 5.94. The van der Waals surface area contributed by atoms with Crippen LogP contribution in [0.1, 0.15) is 40.9 Å². The Morgan fingerprint density at radius 3 is 2.59 bits per heavy atom. The lowest BCUT2D eigenvalue weighted by atomic mass is 10.1. The fourth-order valence-corrected chi connectivity index (χ4v) is 4.76. The smallest absolute Gasteiger partial charge is 0.236 e. The van der Waals surface area contributed by atoms with Crippen LogP contribution in [0.25, 0.3) is 0 Å². The molecule has 0 saturated carbocycles. The monoisotopic (exact) mass is 433 g/mol. The van der Waals surface area contributed by atoms with Gasteiger partial charge in [0.1, 0.15) is 5.82 Å². The van der Waals surface area contributed by atoms with Crippen LogP contribution in [0.2, 0.25) is 0 Å². The van der Waals surface area contributed by atoms with Gasteiger partial charge in [-0.3, -0.25) is 14.5 Å². The van der Waals surface area contributed by atoms with Gasteiger partial charge in [0.25, 0.3) is 0 Å². The Hall–Kier alpha value is -3.17. The molecule has 0 N–H and O–H groups in total. The summed E-state index contributed by atoms with van der Waals surface area (Å²) in [4.78, 5) is 30.4. The van der Waals surface area contributed by atoms with E-state index in [1.165, 1.54) is 24.1 Å². The number of carbonyl (C=O) groups is 2. The molecule has 0 aromatic heterocycles. The fraction of sp³-hybridized carbons (Fsp3) is 0.385. The topological polar surface area (TPSA) is 43.9 Å². The molecule has 4 rings (SSSR count). The summed E-state index contributed by atoms with van der Waals surface area (Å²) in [6.07, 6.45) is 7.59. The molecule has 2 aromatic rings. The number of nitrogens with zero attached hydrogens (tertiary/aromatic N) is 3. The van der Waals surface area contributed by atoms with Gasteiger partial charge in [-0.15, -0.1) is 6.42 Å². The van der Waals surface area contributed by atoms with E-state index in [0.29, 0.717) is 44.0 Å². The first-order valence-corrected chi connectivity index (χ1v) is 11.1. The normalized spacial score (nSPS) is 17.9. The van der Waals surface area contributed by atoms with Crippen molar-refractivity contribution in [2.24, 2.45) is 0 Å². The van der Waals surface area contributed by atoms with E-state index in [9.17, 15) is 14.0 Å². The van der Waals surface area contributed by atoms with E-state index in [4.69, 9.17) is 6.42 Å². The number of amides is 1. The predicted octanol–water partition coefficient (Wildman–Crippen LogP) is 3.30. The third kappa shape index (κ3) is 4.53. The third-order valence-corrected chi connectivity index (χ3v) is 6.50. The van der Waals surface area contributed by atoms with Gasteiger partial charge in [0.15, 0.2) is 5.78 Å². The highest BCUT2D eigenvalue weighted by Gasteiger charge is 2.30. The molecule has 1 unspecified atom stereocenters. The summed E-state index contributed by atoms with van der Waals surface area (Å²) < 4.78 is 14.5. The number of ketones is 1. The Labute approximate surface area is 188 Å². The van der Waals surface area contributed by atoms with Crippen LogP contribution in [-0.4, -0.2) is 60.8 Å². The zero-order chi connectivity index (χ0) is 22.7. The van der Waals surface area contributed by atoms with E-state index in [1.807, 2.05) is 21.9 Å². The van der Waals surface area contributed by atoms with Gasteiger partial charge >= 0.3 is 0 Å². The second kappa shape index (κ2) is 9.54. The molecule has 166 valence electrons. The van der Waals surface area contributed by atoms with Crippen LogP contribution >= 0.6 is 0 Å². The molecule has 6 heteroatoms. The molecule has 2 aromatic carbocycles. The number of fused-ring (bicyclic) bond motifs is 1. The maximum Gasteiger partial charge on any atom is 0.236 e.